The van der Waals surface area contributed by atoms with Crippen molar-refractivity contribution in [2.45, 2.75) is 6.54 Å². The van der Waals surface area contributed by atoms with Gasteiger partial charge in [-0.05, 0) is 42.0 Å². The summed E-state index contributed by atoms with van der Waals surface area (Å²) in [5.74, 6) is 0. The van der Waals surface area contributed by atoms with E-state index in [9.17, 15) is 0 Å². The van der Waals surface area contributed by atoms with E-state index in [1.54, 1.807) is 11.3 Å². The van der Waals surface area contributed by atoms with Gasteiger partial charge in [-0.25, -0.2) is 4.98 Å². The van der Waals surface area contributed by atoms with Gasteiger partial charge in [-0.15, -0.1) is 11.3 Å². The molecule has 0 spiro atoms. The van der Waals surface area contributed by atoms with Gasteiger partial charge in [-0.3, -0.25) is 4.98 Å². The molecular weight excluding hydrogens is 302 g/mol. The number of aromatic nitrogens is 2. The molecule has 1 N–H and O–H groups in total. The Balaban J connectivity index is 1.58. The van der Waals surface area contributed by atoms with Gasteiger partial charge < -0.3 is 5.32 Å². The van der Waals surface area contributed by atoms with Crippen LogP contribution in [-0.2, 0) is 6.54 Å². The Hall–Kier alpha value is -2.72. The second-order valence-corrected chi connectivity index (χ2v) is 6.31. The number of benzene rings is 2. The van der Waals surface area contributed by atoms with Crippen LogP contribution in [0.4, 0.5) is 5.69 Å². The summed E-state index contributed by atoms with van der Waals surface area (Å²) in [7, 11) is 0. The molecule has 112 valence electrons. The first-order chi connectivity index (χ1) is 11.4. The molecule has 4 aromatic rings. The summed E-state index contributed by atoms with van der Waals surface area (Å²) >= 11 is 1.73. The van der Waals surface area contributed by atoms with E-state index in [0.29, 0.717) is 0 Å². The van der Waals surface area contributed by atoms with Crippen molar-refractivity contribution in [1.82, 2.24) is 9.97 Å². The van der Waals surface area contributed by atoms with Crippen molar-refractivity contribution >= 4 is 27.2 Å². The van der Waals surface area contributed by atoms with Gasteiger partial charge in [0.2, 0.25) is 0 Å². The summed E-state index contributed by atoms with van der Waals surface area (Å²) in [4.78, 5) is 8.77. The van der Waals surface area contributed by atoms with Crippen molar-refractivity contribution in [3.8, 4) is 10.6 Å². The van der Waals surface area contributed by atoms with Crippen molar-refractivity contribution in [3.63, 3.8) is 0 Å². The molecule has 4 heteroatoms. The molecule has 0 fully saturated rings. The van der Waals surface area contributed by atoms with Crippen LogP contribution in [0.1, 0.15) is 5.56 Å². The normalized spacial score (nSPS) is 10.8. The van der Waals surface area contributed by atoms with Crippen LogP contribution in [0.5, 0.6) is 0 Å². The first-order valence-electron chi connectivity index (χ1n) is 7.47. The zero-order valence-electron chi connectivity index (χ0n) is 12.4. The van der Waals surface area contributed by atoms with Gasteiger partial charge in [0.1, 0.15) is 5.01 Å². The molecule has 0 atom stereocenters. The standard InChI is InChI=1S/C19H15N3S/c1-2-7-18-17(6-1)22-19(23-18)15-4-3-5-16(12-15)21-13-14-8-10-20-11-9-14/h1-12,21H,13H2. The van der Waals surface area contributed by atoms with Crippen molar-refractivity contribution in [2.24, 2.45) is 0 Å². The van der Waals surface area contributed by atoms with Gasteiger partial charge in [0, 0.05) is 30.2 Å². The first-order valence-corrected chi connectivity index (χ1v) is 8.29. The van der Waals surface area contributed by atoms with Gasteiger partial charge in [-0.2, -0.15) is 0 Å². The van der Waals surface area contributed by atoms with Crippen LogP contribution in [0.15, 0.2) is 73.1 Å². The van der Waals surface area contributed by atoms with Crippen LogP contribution >= 0.6 is 11.3 Å². The molecule has 0 aliphatic heterocycles. The van der Waals surface area contributed by atoms with E-state index in [1.807, 2.05) is 30.6 Å². The van der Waals surface area contributed by atoms with Gasteiger partial charge in [0.15, 0.2) is 0 Å². The molecule has 0 unspecified atom stereocenters. The number of pyridine rings is 1. The fourth-order valence-electron chi connectivity index (χ4n) is 2.46. The van der Waals surface area contributed by atoms with E-state index >= 15 is 0 Å². The highest BCUT2D eigenvalue weighted by atomic mass is 32.1. The van der Waals surface area contributed by atoms with E-state index in [-0.39, 0.29) is 0 Å². The Morgan fingerprint density at radius 1 is 0.913 bits per heavy atom. The van der Waals surface area contributed by atoms with E-state index in [4.69, 9.17) is 4.98 Å². The minimum atomic E-state index is 0.784. The quantitative estimate of drug-likeness (QED) is 0.577. The fourth-order valence-corrected chi connectivity index (χ4v) is 3.42. The molecule has 0 saturated carbocycles. The number of nitrogens with zero attached hydrogens (tertiary/aromatic N) is 2. The summed E-state index contributed by atoms with van der Waals surface area (Å²) in [6.07, 6.45) is 3.63. The van der Waals surface area contributed by atoms with Gasteiger partial charge in [0.05, 0.1) is 10.2 Å². The van der Waals surface area contributed by atoms with Crippen molar-refractivity contribution < 1.29 is 0 Å². The maximum absolute atomic E-state index is 4.72. The number of nitrogens with one attached hydrogen (secondary N) is 1. The number of thiazole rings is 1. The van der Waals surface area contributed by atoms with Gasteiger partial charge >= 0.3 is 0 Å². The number of hydrogen-bond acceptors (Lipinski definition) is 4. The predicted octanol–water partition coefficient (Wildman–Crippen LogP) is 4.97. The van der Waals surface area contributed by atoms with Crippen LogP contribution in [0.2, 0.25) is 0 Å². The summed E-state index contributed by atoms with van der Waals surface area (Å²) < 4.78 is 1.22. The maximum Gasteiger partial charge on any atom is 0.124 e. The highest BCUT2D eigenvalue weighted by Crippen LogP contribution is 2.31. The van der Waals surface area contributed by atoms with Crippen LogP contribution < -0.4 is 5.32 Å². The van der Waals surface area contributed by atoms with E-state index in [0.717, 1.165) is 28.3 Å². The lowest BCUT2D eigenvalue weighted by Crippen LogP contribution is -1.99. The number of hydrogen-bond donors (Lipinski definition) is 1. The van der Waals surface area contributed by atoms with Crippen molar-refractivity contribution in [1.29, 1.82) is 0 Å². The second kappa shape index (κ2) is 6.18. The van der Waals surface area contributed by atoms with Crippen LogP contribution in [0.3, 0.4) is 0 Å². The highest BCUT2D eigenvalue weighted by molar-refractivity contribution is 7.21. The molecule has 0 radical (unpaired) electrons. The largest absolute Gasteiger partial charge is 0.381 e. The first kappa shape index (κ1) is 13.9. The molecular formula is C19H15N3S. The van der Waals surface area contributed by atoms with Crippen molar-refractivity contribution in [2.75, 3.05) is 5.32 Å². The lowest BCUT2D eigenvalue weighted by molar-refractivity contribution is 1.13. The minimum Gasteiger partial charge on any atom is -0.381 e. The monoisotopic (exact) mass is 317 g/mol. The zero-order chi connectivity index (χ0) is 15.5. The predicted molar refractivity (Wildman–Crippen MR) is 96.6 cm³/mol. The Bertz CT molecular complexity index is 898. The third-order valence-electron chi connectivity index (χ3n) is 3.65. The lowest BCUT2D eigenvalue weighted by Gasteiger charge is -2.07. The zero-order valence-corrected chi connectivity index (χ0v) is 13.3. The second-order valence-electron chi connectivity index (χ2n) is 5.28. The van der Waals surface area contributed by atoms with Gasteiger partial charge in [0.25, 0.3) is 0 Å². The Morgan fingerprint density at radius 2 is 1.78 bits per heavy atom. The molecule has 4 rings (SSSR count). The Kier molecular flexibility index (Phi) is 3.74. The van der Waals surface area contributed by atoms with E-state index in [1.165, 1.54) is 10.3 Å². The molecule has 2 heterocycles. The number of para-hydroxylation sites is 1. The molecule has 23 heavy (non-hydrogen) atoms. The van der Waals surface area contributed by atoms with Crippen LogP contribution in [-0.4, -0.2) is 9.97 Å². The number of fused-ring (bicyclic) bond motifs is 1. The summed E-state index contributed by atoms with van der Waals surface area (Å²) in [6, 6.07) is 20.7. The maximum atomic E-state index is 4.72. The molecule has 2 aromatic heterocycles. The SMILES string of the molecule is c1cc(NCc2ccncc2)cc(-c2nc3ccccc3s2)c1. The smallest absolute Gasteiger partial charge is 0.124 e. The topological polar surface area (TPSA) is 37.8 Å². The minimum absolute atomic E-state index is 0.784. The summed E-state index contributed by atoms with van der Waals surface area (Å²) in [6.45, 7) is 0.784. The van der Waals surface area contributed by atoms with Gasteiger partial charge in [-0.1, -0.05) is 24.3 Å². The fraction of sp³-hybridized carbons (Fsp3) is 0.0526. The molecule has 3 nitrogen and oxygen atoms in total. The number of anilines is 1. The molecule has 2 aromatic carbocycles. The molecule has 0 bridgehead atoms. The molecule has 0 saturated heterocycles. The third-order valence-corrected chi connectivity index (χ3v) is 4.73. The summed E-state index contributed by atoms with van der Waals surface area (Å²) in [5.41, 5.74) is 4.51. The molecule has 0 aliphatic carbocycles. The number of rotatable bonds is 4. The molecule has 0 amide bonds. The van der Waals surface area contributed by atoms with Crippen LogP contribution in [0, 0.1) is 0 Å². The highest BCUT2D eigenvalue weighted by Gasteiger charge is 2.06. The third kappa shape index (κ3) is 3.07. The van der Waals surface area contributed by atoms with Crippen LogP contribution in [0.25, 0.3) is 20.8 Å². The molecule has 0 aliphatic rings. The summed E-state index contributed by atoms with van der Waals surface area (Å²) in [5, 5.41) is 4.51. The average Bonchev–Trinajstić information content (AvgIpc) is 3.05. The average molecular weight is 317 g/mol. The lowest BCUT2D eigenvalue weighted by atomic mass is 10.2. The Labute approximate surface area is 138 Å². The Morgan fingerprint density at radius 3 is 2.65 bits per heavy atom. The van der Waals surface area contributed by atoms with E-state index in [2.05, 4.69) is 52.8 Å². The van der Waals surface area contributed by atoms with E-state index < -0.39 is 0 Å². The van der Waals surface area contributed by atoms with Crippen molar-refractivity contribution in [3.05, 3.63) is 78.6 Å².